The van der Waals surface area contributed by atoms with Gasteiger partial charge in [0.15, 0.2) is 0 Å². The molecule has 0 saturated carbocycles. The molecule has 1 aromatic carbocycles. The first-order chi connectivity index (χ1) is 12.9. The maximum atomic E-state index is 12.6. The van der Waals surface area contributed by atoms with Crippen LogP contribution in [0.25, 0.3) is 5.00 Å². The van der Waals surface area contributed by atoms with Gasteiger partial charge < -0.3 is 19.9 Å². The van der Waals surface area contributed by atoms with Crippen molar-refractivity contribution in [3.8, 4) is 10.8 Å². The molecule has 2 heterocycles. The highest BCUT2D eigenvalue weighted by atomic mass is 32.1. The van der Waals surface area contributed by atoms with Crippen molar-refractivity contribution in [2.75, 3.05) is 12.4 Å². The van der Waals surface area contributed by atoms with Crippen LogP contribution < -0.4 is 15.4 Å². The van der Waals surface area contributed by atoms with E-state index in [0.29, 0.717) is 11.4 Å². The number of hydrogen-bond donors (Lipinski definition) is 2. The van der Waals surface area contributed by atoms with Crippen LogP contribution >= 0.6 is 11.3 Å². The summed E-state index contributed by atoms with van der Waals surface area (Å²) in [7, 11) is 1.59. The molecule has 2 aromatic heterocycles. The number of rotatable bonds is 5. The highest BCUT2D eigenvalue weighted by molar-refractivity contribution is 7.14. The van der Waals surface area contributed by atoms with Crippen molar-refractivity contribution in [1.82, 2.24) is 9.88 Å². The molecule has 2 amide bonds. The van der Waals surface area contributed by atoms with Gasteiger partial charge >= 0.3 is 6.03 Å². The quantitative estimate of drug-likeness (QED) is 0.623. The van der Waals surface area contributed by atoms with E-state index in [2.05, 4.69) is 29.0 Å². The Labute approximate surface area is 164 Å². The third-order valence-electron chi connectivity index (χ3n) is 4.64. The third-order valence-corrected chi connectivity index (χ3v) is 5.87. The Hall–Kier alpha value is -2.73. The first kappa shape index (κ1) is 19.0. The number of ether oxygens (including phenoxy) is 1. The minimum atomic E-state index is -0.256. The molecule has 0 aliphatic rings. The first-order valence-corrected chi connectivity index (χ1v) is 9.67. The molecule has 2 N–H and O–H groups in total. The second-order valence-electron chi connectivity index (χ2n) is 6.62. The van der Waals surface area contributed by atoms with Crippen LogP contribution in [0.15, 0.2) is 42.7 Å². The van der Waals surface area contributed by atoms with Crippen molar-refractivity contribution in [3.63, 3.8) is 0 Å². The fraction of sp³-hybridized carbons (Fsp3) is 0.286. The van der Waals surface area contributed by atoms with Gasteiger partial charge in [-0.2, -0.15) is 0 Å². The van der Waals surface area contributed by atoms with Crippen LogP contribution in [0.1, 0.15) is 34.5 Å². The van der Waals surface area contributed by atoms with Crippen molar-refractivity contribution < 1.29 is 9.53 Å². The fourth-order valence-electron chi connectivity index (χ4n) is 3.14. The summed E-state index contributed by atoms with van der Waals surface area (Å²) < 4.78 is 7.43. The summed E-state index contributed by atoms with van der Waals surface area (Å²) in [5, 5.41) is 7.10. The lowest BCUT2D eigenvalue weighted by Crippen LogP contribution is -2.31. The molecule has 3 aromatic rings. The van der Waals surface area contributed by atoms with E-state index in [1.165, 1.54) is 10.4 Å². The number of carbonyl (C=O) groups excluding carboxylic acids is 1. The molecule has 0 aliphatic heterocycles. The summed E-state index contributed by atoms with van der Waals surface area (Å²) in [6, 6.07) is 9.31. The SMILES string of the molecule is COc1ccc(C)cc1NC(=O)N[C@H](C)c1c(-n2cccc2)sc(C)c1C. The van der Waals surface area contributed by atoms with Gasteiger partial charge in [0, 0.05) is 22.8 Å². The van der Waals surface area contributed by atoms with Crippen LogP contribution in [-0.2, 0) is 0 Å². The second-order valence-corrected chi connectivity index (χ2v) is 7.82. The molecule has 0 radical (unpaired) electrons. The van der Waals surface area contributed by atoms with Crippen LogP contribution in [0.5, 0.6) is 5.75 Å². The monoisotopic (exact) mass is 383 g/mol. The average molecular weight is 384 g/mol. The van der Waals surface area contributed by atoms with Gasteiger partial charge in [0.1, 0.15) is 10.8 Å². The molecule has 142 valence electrons. The number of aryl methyl sites for hydroxylation is 2. The Bertz CT molecular complexity index is 945. The highest BCUT2D eigenvalue weighted by Gasteiger charge is 2.21. The molecule has 0 aliphatic carbocycles. The number of nitrogens with zero attached hydrogens (tertiary/aromatic N) is 1. The molecule has 0 saturated heterocycles. The van der Waals surface area contributed by atoms with Gasteiger partial charge in [-0.3, -0.25) is 0 Å². The molecule has 0 spiro atoms. The molecular formula is C21H25N3O2S. The van der Waals surface area contributed by atoms with Crippen LogP contribution in [0, 0.1) is 20.8 Å². The fourth-order valence-corrected chi connectivity index (χ4v) is 4.36. The number of amides is 2. The van der Waals surface area contributed by atoms with E-state index in [4.69, 9.17) is 4.74 Å². The third kappa shape index (κ3) is 4.01. The van der Waals surface area contributed by atoms with E-state index in [0.717, 1.165) is 16.1 Å². The number of urea groups is 1. The van der Waals surface area contributed by atoms with Gasteiger partial charge in [0.25, 0.3) is 0 Å². The second kappa shape index (κ2) is 7.88. The van der Waals surface area contributed by atoms with E-state index in [1.807, 2.05) is 56.6 Å². The van der Waals surface area contributed by atoms with E-state index in [-0.39, 0.29) is 12.1 Å². The molecule has 0 bridgehead atoms. The Balaban J connectivity index is 1.81. The zero-order valence-corrected chi connectivity index (χ0v) is 17.1. The van der Waals surface area contributed by atoms with Gasteiger partial charge in [0.05, 0.1) is 18.8 Å². The Morgan fingerprint density at radius 3 is 2.56 bits per heavy atom. The maximum absolute atomic E-state index is 12.6. The zero-order valence-electron chi connectivity index (χ0n) is 16.3. The smallest absolute Gasteiger partial charge is 0.319 e. The minimum absolute atomic E-state index is 0.136. The molecule has 27 heavy (non-hydrogen) atoms. The van der Waals surface area contributed by atoms with Crippen molar-refractivity contribution in [2.45, 2.75) is 33.7 Å². The molecule has 5 nitrogen and oxygen atoms in total. The molecule has 3 rings (SSSR count). The van der Waals surface area contributed by atoms with E-state index >= 15 is 0 Å². The van der Waals surface area contributed by atoms with E-state index < -0.39 is 0 Å². The van der Waals surface area contributed by atoms with Crippen molar-refractivity contribution >= 4 is 23.1 Å². The number of nitrogens with one attached hydrogen (secondary N) is 2. The number of hydrogen-bond acceptors (Lipinski definition) is 3. The number of aromatic nitrogens is 1. The lowest BCUT2D eigenvalue weighted by Gasteiger charge is -2.18. The number of benzene rings is 1. The molecule has 6 heteroatoms. The maximum Gasteiger partial charge on any atom is 0.319 e. The van der Waals surface area contributed by atoms with Gasteiger partial charge in [-0.15, -0.1) is 11.3 Å². The molecular weight excluding hydrogens is 358 g/mol. The minimum Gasteiger partial charge on any atom is -0.495 e. The topological polar surface area (TPSA) is 55.3 Å². The lowest BCUT2D eigenvalue weighted by atomic mass is 10.1. The van der Waals surface area contributed by atoms with Crippen molar-refractivity contribution in [2.24, 2.45) is 0 Å². The average Bonchev–Trinajstić information content (AvgIpc) is 3.24. The summed E-state index contributed by atoms with van der Waals surface area (Å²) in [6.45, 7) is 8.20. The summed E-state index contributed by atoms with van der Waals surface area (Å²) in [5.74, 6) is 0.638. The number of methoxy groups -OCH3 is 1. The van der Waals surface area contributed by atoms with Crippen LogP contribution in [0.3, 0.4) is 0 Å². The van der Waals surface area contributed by atoms with Gasteiger partial charge in [-0.05, 0) is 63.1 Å². The molecule has 0 unspecified atom stereocenters. The summed E-state index contributed by atoms with van der Waals surface area (Å²) in [4.78, 5) is 13.9. The van der Waals surface area contributed by atoms with Crippen LogP contribution in [0.4, 0.5) is 10.5 Å². The zero-order chi connectivity index (χ0) is 19.6. The predicted octanol–water partition coefficient (Wildman–Crippen LogP) is 5.36. The van der Waals surface area contributed by atoms with E-state index in [1.54, 1.807) is 18.4 Å². The Morgan fingerprint density at radius 2 is 1.89 bits per heavy atom. The number of carbonyl (C=O) groups is 1. The van der Waals surface area contributed by atoms with E-state index in [9.17, 15) is 4.79 Å². The van der Waals surface area contributed by atoms with Gasteiger partial charge in [0.2, 0.25) is 0 Å². The summed E-state index contributed by atoms with van der Waals surface area (Å²) >= 11 is 1.74. The molecule has 1 atom stereocenters. The lowest BCUT2D eigenvalue weighted by molar-refractivity contribution is 0.249. The summed E-state index contributed by atoms with van der Waals surface area (Å²) in [6.07, 6.45) is 4.05. The largest absolute Gasteiger partial charge is 0.495 e. The van der Waals surface area contributed by atoms with Crippen molar-refractivity contribution in [1.29, 1.82) is 0 Å². The van der Waals surface area contributed by atoms with Gasteiger partial charge in [-0.25, -0.2) is 4.79 Å². The van der Waals surface area contributed by atoms with Gasteiger partial charge in [-0.1, -0.05) is 6.07 Å². The Morgan fingerprint density at radius 1 is 1.19 bits per heavy atom. The first-order valence-electron chi connectivity index (χ1n) is 8.86. The summed E-state index contributed by atoms with van der Waals surface area (Å²) in [5.41, 5.74) is 4.06. The number of thiophene rings is 1. The normalized spacial score (nSPS) is 11.9. The van der Waals surface area contributed by atoms with Crippen LogP contribution in [-0.4, -0.2) is 17.7 Å². The standard InChI is InChI=1S/C21H25N3O2S/c1-13-8-9-18(26-5)17(12-13)23-21(25)22-15(3)19-14(2)16(4)27-20(19)24-10-6-7-11-24/h6-12,15H,1-5H3,(H2,22,23,25)/t15-/m1/s1. The highest BCUT2D eigenvalue weighted by Crippen LogP contribution is 2.35. The van der Waals surface area contributed by atoms with Crippen molar-refractivity contribution in [3.05, 3.63) is 64.3 Å². The molecule has 0 fully saturated rings. The number of anilines is 1. The predicted molar refractivity (Wildman–Crippen MR) is 111 cm³/mol. The Kier molecular flexibility index (Phi) is 5.56. The van der Waals surface area contributed by atoms with Crippen LogP contribution in [0.2, 0.25) is 0 Å².